The summed E-state index contributed by atoms with van der Waals surface area (Å²) in [6, 6.07) is 18.5. The summed E-state index contributed by atoms with van der Waals surface area (Å²) in [5.41, 5.74) is 2.32. The first-order valence-electron chi connectivity index (χ1n) is 12.6. The smallest absolute Gasteiger partial charge is 0.300 e. The number of hydrogen-bond acceptors (Lipinski definition) is 6. The Labute approximate surface area is 227 Å². The third-order valence-electron chi connectivity index (χ3n) is 6.62. The standard InChI is InChI=1S/C30H31ClN2O5/c1-5-32(6-2)20-13-11-19(12-14-20)27-26(28(34)24-18-23(38-7-3)15-16-25(24)31)29(35)30(36)33(27)21-9-8-10-22(17-21)37-4/h8-18,27,34H,5-7H2,1-4H3/b28-26+. The highest BCUT2D eigenvalue weighted by molar-refractivity contribution is 6.52. The molecule has 1 aliphatic heterocycles. The van der Waals surface area contributed by atoms with Crippen LogP contribution in [0.5, 0.6) is 11.5 Å². The van der Waals surface area contributed by atoms with Crippen molar-refractivity contribution in [2.75, 3.05) is 36.6 Å². The molecule has 38 heavy (non-hydrogen) atoms. The Morgan fingerprint density at radius 3 is 2.32 bits per heavy atom. The molecule has 1 saturated heterocycles. The molecule has 0 radical (unpaired) electrons. The molecule has 0 aliphatic carbocycles. The summed E-state index contributed by atoms with van der Waals surface area (Å²) in [6.45, 7) is 8.10. The van der Waals surface area contributed by atoms with Gasteiger partial charge in [-0.3, -0.25) is 14.5 Å². The number of benzene rings is 3. The highest BCUT2D eigenvalue weighted by atomic mass is 35.5. The monoisotopic (exact) mass is 534 g/mol. The minimum absolute atomic E-state index is 0.0519. The molecule has 0 bridgehead atoms. The minimum atomic E-state index is -0.889. The number of Topliss-reactive ketones (excluding diaryl/α,β-unsaturated/α-hetero) is 1. The number of rotatable bonds is 9. The van der Waals surface area contributed by atoms with Crippen LogP contribution < -0.4 is 19.3 Å². The Kier molecular flexibility index (Phi) is 8.27. The minimum Gasteiger partial charge on any atom is -0.507 e. The van der Waals surface area contributed by atoms with E-state index >= 15 is 0 Å². The van der Waals surface area contributed by atoms with Crippen LogP contribution in [0.3, 0.4) is 0 Å². The van der Waals surface area contributed by atoms with Gasteiger partial charge in [-0.1, -0.05) is 29.8 Å². The zero-order valence-corrected chi connectivity index (χ0v) is 22.7. The van der Waals surface area contributed by atoms with E-state index in [-0.39, 0.29) is 21.9 Å². The van der Waals surface area contributed by atoms with Gasteiger partial charge in [0.2, 0.25) is 0 Å². The number of methoxy groups -OCH3 is 1. The molecule has 1 N–H and O–H groups in total. The molecule has 198 valence electrons. The molecule has 0 saturated carbocycles. The number of hydrogen-bond donors (Lipinski definition) is 1. The van der Waals surface area contributed by atoms with Crippen molar-refractivity contribution in [1.82, 2.24) is 0 Å². The van der Waals surface area contributed by atoms with Crippen LogP contribution in [0.2, 0.25) is 5.02 Å². The first-order chi connectivity index (χ1) is 18.3. The molecule has 1 atom stereocenters. The summed E-state index contributed by atoms with van der Waals surface area (Å²) < 4.78 is 10.9. The summed E-state index contributed by atoms with van der Waals surface area (Å²) in [7, 11) is 1.53. The fraction of sp³-hybridized carbons (Fsp3) is 0.267. The van der Waals surface area contributed by atoms with Crippen molar-refractivity contribution >= 4 is 40.4 Å². The van der Waals surface area contributed by atoms with Gasteiger partial charge in [0.15, 0.2) is 0 Å². The van der Waals surface area contributed by atoms with Crippen LogP contribution in [0, 0.1) is 0 Å². The summed E-state index contributed by atoms with van der Waals surface area (Å²) in [5.74, 6) is -0.901. The van der Waals surface area contributed by atoms with Crippen molar-refractivity contribution in [3.8, 4) is 11.5 Å². The molecule has 3 aromatic rings. The molecule has 7 nitrogen and oxygen atoms in total. The Bertz CT molecular complexity index is 1370. The van der Waals surface area contributed by atoms with Crippen molar-refractivity contribution in [2.45, 2.75) is 26.8 Å². The van der Waals surface area contributed by atoms with E-state index in [2.05, 4.69) is 18.7 Å². The second-order valence-corrected chi connectivity index (χ2v) is 9.12. The van der Waals surface area contributed by atoms with E-state index in [1.165, 1.54) is 12.0 Å². The van der Waals surface area contributed by atoms with E-state index < -0.39 is 17.7 Å². The van der Waals surface area contributed by atoms with Crippen LogP contribution in [-0.4, -0.2) is 43.6 Å². The highest BCUT2D eigenvalue weighted by Gasteiger charge is 2.47. The summed E-state index contributed by atoms with van der Waals surface area (Å²) in [6.07, 6.45) is 0. The first kappa shape index (κ1) is 27.1. The Balaban J connectivity index is 1.93. The lowest BCUT2D eigenvalue weighted by atomic mass is 9.94. The Hall–Kier alpha value is -3.97. The fourth-order valence-corrected chi connectivity index (χ4v) is 4.93. The number of carbonyl (C=O) groups excluding carboxylic acids is 2. The number of amides is 1. The average Bonchev–Trinajstić information content (AvgIpc) is 3.20. The van der Waals surface area contributed by atoms with E-state index in [9.17, 15) is 14.7 Å². The molecule has 0 spiro atoms. The van der Waals surface area contributed by atoms with Gasteiger partial charge < -0.3 is 19.5 Å². The lowest BCUT2D eigenvalue weighted by Gasteiger charge is -2.27. The van der Waals surface area contributed by atoms with Gasteiger partial charge >= 0.3 is 0 Å². The summed E-state index contributed by atoms with van der Waals surface area (Å²) in [5, 5.41) is 11.7. The SMILES string of the molecule is CCOc1ccc(Cl)c(/C(O)=C2\C(=O)C(=O)N(c3cccc(OC)c3)C2c2ccc(N(CC)CC)cc2)c1. The number of aliphatic hydroxyl groups is 1. The molecule has 1 unspecified atom stereocenters. The number of ether oxygens (including phenoxy) is 2. The summed E-state index contributed by atoms with van der Waals surface area (Å²) in [4.78, 5) is 30.6. The quantitative estimate of drug-likeness (QED) is 0.199. The highest BCUT2D eigenvalue weighted by Crippen LogP contribution is 2.44. The Morgan fingerprint density at radius 1 is 0.974 bits per heavy atom. The lowest BCUT2D eigenvalue weighted by Crippen LogP contribution is -2.29. The van der Waals surface area contributed by atoms with Crippen molar-refractivity contribution in [3.63, 3.8) is 0 Å². The van der Waals surface area contributed by atoms with Gasteiger partial charge in [0, 0.05) is 36.1 Å². The van der Waals surface area contributed by atoms with Crippen LogP contribution >= 0.6 is 11.6 Å². The van der Waals surface area contributed by atoms with Crippen LogP contribution in [0.25, 0.3) is 5.76 Å². The molecule has 1 heterocycles. The van der Waals surface area contributed by atoms with Gasteiger partial charge in [0.05, 0.1) is 30.4 Å². The predicted molar refractivity (Wildman–Crippen MR) is 150 cm³/mol. The van der Waals surface area contributed by atoms with Gasteiger partial charge in [-0.2, -0.15) is 0 Å². The number of halogens is 1. The van der Waals surface area contributed by atoms with Gasteiger partial charge in [-0.05, 0) is 68.8 Å². The van der Waals surface area contributed by atoms with Crippen molar-refractivity contribution in [2.24, 2.45) is 0 Å². The van der Waals surface area contributed by atoms with Gasteiger partial charge in [0.1, 0.15) is 17.3 Å². The molecule has 1 amide bonds. The largest absolute Gasteiger partial charge is 0.507 e. The van der Waals surface area contributed by atoms with Crippen LogP contribution in [0.15, 0.2) is 72.3 Å². The third-order valence-corrected chi connectivity index (χ3v) is 6.95. The topological polar surface area (TPSA) is 79.3 Å². The van der Waals surface area contributed by atoms with Crippen molar-refractivity contribution in [1.29, 1.82) is 0 Å². The van der Waals surface area contributed by atoms with Crippen molar-refractivity contribution in [3.05, 3.63) is 88.5 Å². The normalized spacial score (nSPS) is 16.6. The number of ketones is 1. The zero-order valence-electron chi connectivity index (χ0n) is 21.9. The second kappa shape index (κ2) is 11.6. The van der Waals surface area contributed by atoms with E-state index in [1.807, 2.05) is 31.2 Å². The maximum atomic E-state index is 13.5. The first-order valence-corrected chi connectivity index (χ1v) is 12.9. The van der Waals surface area contributed by atoms with E-state index in [0.717, 1.165) is 18.8 Å². The fourth-order valence-electron chi connectivity index (χ4n) is 4.72. The van der Waals surface area contributed by atoms with Crippen molar-refractivity contribution < 1.29 is 24.2 Å². The van der Waals surface area contributed by atoms with Gasteiger partial charge in [-0.15, -0.1) is 0 Å². The summed E-state index contributed by atoms with van der Waals surface area (Å²) >= 11 is 6.45. The lowest BCUT2D eigenvalue weighted by molar-refractivity contribution is -0.132. The van der Waals surface area contributed by atoms with Crippen LogP contribution in [0.4, 0.5) is 11.4 Å². The molecular formula is C30H31ClN2O5. The van der Waals surface area contributed by atoms with Gasteiger partial charge in [-0.25, -0.2) is 0 Å². The maximum Gasteiger partial charge on any atom is 0.300 e. The zero-order chi connectivity index (χ0) is 27.4. The number of nitrogens with zero attached hydrogens (tertiary/aromatic N) is 2. The molecule has 4 rings (SSSR count). The molecule has 8 heteroatoms. The van der Waals surface area contributed by atoms with Crippen LogP contribution in [-0.2, 0) is 9.59 Å². The second-order valence-electron chi connectivity index (χ2n) is 8.71. The van der Waals surface area contributed by atoms with Gasteiger partial charge in [0.25, 0.3) is 11.7 Å². The van der Waals surface area contributed by atoms with E-state index in [0.29, 0.717) is 29.4 Å². The number of carbonyl (C=O) groups is 2. The molecule has 1 aliphatic rings. The number of aliphatic hydroxyl groups excluding tert-OH is 1. The Morgan fingerprint density at radius 2 is 1.68 bits per heavy atom. The molecule has 3 aromatic carbocycles. The molecule has 1 fully saturated rings. The average molecular weight is 535 g/mol. The molecule has 0 aromatic heterocycles. The van der Waals surface area contributed by atoms with Crippen LogP contribution in [0.1, 0.15) is 37.9 Å². The maximum absolute atomic E-state index is 13.5. The predicted octanol–water partition coefficient (Wildman–Crippen LogP) is 6.22. The third kappa shape index (κ3) is 5.07. The van der Waals surface area contributed by atoms with E-state index in [4.69, 9.17) is 21.1 Å². The van der Waals surface area contributed by atoms with E-state index in [1.54, 1.807) is 42.5 Å². The molecular weight excluding hydrogens is 504 g/mol. The number of anilines is 2.